The molecule has 2 aliphatic rings. The van der Waals surface area contributed by atoms with Crippen molar-refractivity contribution in [2.24, 2.45) is 11.8 Å². The number of hydrogen-bond donors (Lipinski definition) is 2. The molecule has 3 unspecified atom stereocenters. The molecule has 0 bridgehead atoms. The smallest absolute Gasteiger partial charge is 0.0692 e. The third kappa shape index (κ3) is 2.71. The summed E-state index contributed by atoms with van der Waals surface area (Å²) in [6.07, 6.45) is 7.76. The Morgan fingerprint density at radius 1 is 1.29 bits per heavy atom. The molecule has 2 heteroatoms. The largest absolute Gasteiger partial charge is 0.392 e. The fraction of sp³-hybridized carbons (Fsp3) is 1.00. The topological polar surface area (TPSA) is 32.3 Å². The molecule has 2 fully saturated rings. The maximum atomic E-state index is 9.71. The van der Waals surface area contributed by atoms with Gasteiger partial charge in [0.15, 0.2) is 0 Å². The van der Waals surface area contributed by atoms with E-state index in [1.54, 1.807) is 0 Å². The van der Waals surface area contributed by atoms with Crippen LogP contribution < -0.4 is 5.32 Å². The van der Waals surface area contributed by atoms with E-state index in [2.05, 4.69) is 12.2 Å². The highest BCUT2D eigenvalue weighted by Gasteiger charge is 2.30. The second-order valence-electron chi connectivity index (χ2n) is 5.10. The van der Waals surface area contributed by atoms with E-state index in [0.29, 0.717) is 12.0 Å². The molecule has 2 rings (SSSR count). The first-order chi connectivity index (χ1) is 6.79. The van der Waals surface area contributed by atoms with E-state index in [0.717, 1.165) is 12.5 Å². The summed E-state index contributed by atoms with van der Waals surface area (Å²) in [6, 6.07) is 0.688. The number of nitrogens with one attached hydrogen (secondary N) is 1. The van der Waals surface area contributed by atoms with Gasteiger partial charge in [0, 0.05) is 12.6 Å². The normalized spacial score (nSPS) is 34.7. The van der Waals surface area contributed by atoms with Gasteiger partial charge in [-0.3, -0.25) is 0 Å². The van der Waals surface area contributed by atoms with E-state index < -0.39 is 0 Å². The fourth-order valence-corrected chi connectivity index (χ4v) is 2.57. The molecule has 2 saturated carbocycles. The van der Waals surface area contributed by atoms with E-state index >= 15 is 0 Å². The molecule has 0 saturated heterocycles. The average Bonchev–Trinajstić information content (AvgIpc) is 2.94. The Labute approximate surface area is 87.1 Å². The summed E-state index contributed by atoms with van der Waals surface area (Å²) in [6.45, 7) is 3.11. The minimum Gasteiger partial charge on any atom is -0.392 e. The Morgan fingerprint density at radius 3 is 2.64 bits per heavy atom. The van der Waals surface area contributed by atoms with Crippen molar-refractivity contribution in [1.82, 2.24) is 5.32 Å². The molecule has 2 nitrogen and oxygen atoms in total. The molecule has 0 amide bonds. The van der Waals surface area contributed by atoms with Crippen LogP contribution in [0.25, 0.3) is 0 Å². The van der Waals surface area contributed by atoms with Crippen LogP contribution >= 0.6 is 0 Å². The average molecular weight is 197 g/mol. The number of rotatable bonds is 5. The van der Waals surface area contributed by atoms with Gasteiger partial charge >= 0.3 is 0 Å². The number of hydrogen-bond acceptors (Lipinski definition) is 2. The van der Waals surface area contributed by atoms with Gasteiger partial charge in [0.1, 0.15) is 0 Å². The highest BCUT2D eigenvalue weighted by molar-refractivity contribution is 4.85. The first-order valence-electron chi connectivity index (χ1n) is 6.21. The Morgan fingerprint density at radius 2 is 2.07 bits per heavy atom. The van der Waals surface area contributed by atoms with Gasteiger partial charge in [0.2, 0.25) is 0 Å². The van der Waals surface area contributed by atoms with Gasteiger partial charge in [-0.05, 0) is 43.9 Å². The van der Waals surface area contributed by atoms with Gasteiger partial charge in [-0.25, -0.2) is 0 Å². The monoisotopic (exact) mass is 197 g/mol. The molecule has 0 aromatic carbocycles. The highest BCUT2D eigenvalue weighted by atomic mass is 16.3. The molecule has 2 N–H and O–H groups in total. The van der Waals surface area contributed by atoms with Crippen LogP contribution in [0.1, 0.15) is 45.4 Å². The zero-order valence-corrected chi connectivity index (χ0v) is 9.21. The summed E-state index contributed by atoms with van der Waals surface area (Å²) in [4.78, 5) is 0. The third-order valence-electron chi connectivity index (χ3n) is 3.90. The van der Waals surface area contributed by atoms with Crippen LogP contribution in [0.5, 0.6) is 0 Å². The maximum Gasteiger partial charge on any atom is 0.0692 e. The molecule has 0 heterocycles. The SMILES string of the molecule is CCC1CCC(NCC(O)C2CC2)C1. The zero-order valence-electron chi connectivity index (χ0n) is 9.21. The molecule has 14 heavy (non-hydrogen) atoms. The quantitative estimate of drug-likeness (QED) is 0.706. The summed E-state index contributed by atoms with van der Waals surface area (Å²) < 4.78 is 0. The van der Waals surface area contributed by atoms with Crippen molar-refractivity contribution >= 4 is 0 Å². The van der Waals surface area contributed by atoms with Crippen molar-refractivity contribution in [3.05, 3.63) is 0 Å². The molecule has 2 aliphatic carbocycles. The van der Waals surface area contributed by atoms with Gasteiger partial charge in [-0.1, -0.05) is 13.3 Å². The van der Waals surface area contributed by atoms with E-state index in [1.807, 2.05) is 0 Å². The molecule has 0 aliphatic heterocycles. The van der Waals surface area contributed by atoms with Gasteiger partial charge in [0.25, 0.3) is 0 Å². The second kappa shape index (κ2) is 4.63. The molecule has 0 aromatic rings. The Balaban J connectivity index is 1.61. The van der Waals surface area contributed by atoms with E-state index in [-0.39, 0.29) is 6.10 Å². The molecule has 0 radical (unpaired) electrons. The van der Waals surface area contributed by atoms with Crippen LogP contribution in [0.3, 0.4) is 0 Å². The van der Waals surface area contributed by atoms with Gasteiger partial charge in [-0.15, -0.1) is 0 Å². The van der Waals surface area contributed by atoms with Crippen LogP contribution in [0.4, 0.5) is 0 Å². The van der Waals surface area contributed by atoms with Crippen LogP contribution in [0.2, 0.25) is 0 Å². The molecular formula is C12H23NO. The summed E-state index contributed by atoms with van der Waals surface area (Å²) in [5.41, 5.74) is 0. The maximum absolute atomic E-state index is 9.71. The second-order valence-corrected chi connectivity index (χ2v) is 5.10. The zero-order chi connectivity index (χ0) is 9.97. The first kappa shape index (κ1) is 10.4. The van der Waals surface area contributed by atoms with Crippen molar-refractivity contribution in [3.8, 4) is 0 Å². The van der Waals surface area contributed by atoms with E-state index in [1.165, 1.54) is 38.5 Å². The lowest BCUT2D eigenvalue weighted by atomic mass is 10.1. The highest BCUT2D eigenvalue weighted by Crippen LogP contribution is 2.33. The van der Waals surface area contributed by atoms with Crippen molar-refractivity contribution in [2.75, 3.05) is 6.54 Å². The van der Waals surface area contributed by atoms with Crippen molar-refractivity contribution in [2.45, 2.75) is 57.6 Å². The summed E-state index contributed by atoms with van der Waals surface area (Å²) in [5, 5.41) is 13.2. The number of aliphatic hydroxyl groups is 1. The molecule has 0 aromatic heterocycles. The summed E-state index contributed by atoms with van der Waals surface area (Å²) in [7, 11) is 0. The van der Waals surface area contributed by atoms with Gasteiger partial charge in [0.05, 0.1) is 6.10 Å². The predicted molar refractivity (Wildman–Crippen MR) is 58.2 cm³/mol. The van der Waals surface area contributed by atoms with Crippen LogP contribution in [0.15, 0.2) is 0 Å². The number of aliphatic hydroxyl groups excluding tert-OH is 1. The lowest BCUT2D eigenvalue weighted by molar-refractivity contribution is 0.144. The molecular weight excluding hydrogens is 174 g/mol. The molecule has 0 spiro atoms. The van der Waals surface area contributed by atoms with Gasteiger partial charge < -0.3 is 10.4 Å². The lowest BCUT2D eigenvalue weighted by Crippen LogP contribution is -2.35. The minimum atomic E-state index is -0.0734. The van der Waals surface area contributed by atoms with E-state index in [4.69, 9.17) is 0 Å². The predicted octanol–water partition coefficient (Wildman–Crippen LogP) is 1.93. The Hall–Kier alpha value is -0.0800. The standard InChI is InChI=1S/C12H23NO/c1-2-9-3-6-11(7-9)13-8-12(14)10-4-5-10/h9-14H,2-8H2,1H3. The molecule has 82 valence electrons. The Bertz CT molecular complexity index is 179. The fourth-order valence-electron chi connectivity index (χ4n) is 2.57. The Kier molecular flexibility index (Phi) is 3.45. The van der Waals surface area contributed by atoms with Crippen molar-refractivity contribution < 1.29 is 5.11 Å². The first-order valence-corrected chi connectivity index (χ1v) is 6.21. The van der Waals surface area contributed by atoms with E-state index in [9.17, 15) is 5.11 Å². The van der Waals surface area contributed by atoms with Crippen LogP contribution in [-0.4, -0.2) is 23.8 Å². The summed E-state index contributed by atoms with van der Waals surface area (Å²) >= 11 is 0. The van der Waals surface area contributed by atoms with Crippen LogP contribution in [0, 0.1) is 11.8 Å². The summed E-state index contributed by atoms with van der Waals surface area (Å²) in [5.74, 6) is 1.55. The van der Waals surface area contributed by atoms with Crippen molar-refractivity contribution in [3.63, 3.8) is 0 Å². The molecule has 3 atom stereocenters. The lowest BCUT2D eigenvalue weighted by Gasteiger charge is -2.16. The minimum absolute atomic E-state index is 0.0734. The third-order valence-corrected chi connectivity index (χ3v) is 3.90. The van der Waals surface area contributed by atoms with Crippen LogP contribution in [-0.2, 0) is 0 Å². The van der Waals surface area contributed by atoms with Gasteiger partial charge in [-0.2, -0.15) is 0 Å². The van der Waals surface area contributed by atoms with Crippen molar-refractivity contribution in [1.29, 1.82) is 0 Å².